The van der Waals surface area contributed by atoms with Crippen LogP contribution in [0.4, 0.5) is 0 Å². The number of hydrogen-bond donors (Lipinski definition) is 1. The zero-order chi connectivity index (χ0) is 11.6. The fraction of sp³-hybridized carbons (Fsp3) is 0.462. The van der Waals surface area contributed by atoms with Crippen molar-refractivity contribution in [1.29, 1.82) is 5.41 Å². The minimum absolute atomic E-state index is 0.151. The third kappa shape index (κ3) is 1.77. The zero-order valence-corrected chi connectivity index (χ0v) is 9.75. The second-order valence-electron chi connectivity index (χ2n) is 4.07. The average molecular weight is 219 g/mol. The van der Waals surface area contributed by atoms with Crippen LogP contribution in [-0.2, 0) is 10.2 Å². The standard InChI is InChI=1S/C13H17NO2/c1-3-16-12(14)13(8-9-13)10-4-6-11(15-2)7-5-10/h4-7,14H,3,8-9H2,1-2H3. The van der Waals surface area contributed by atoms with E-state index in [-0.39, 0.29) is 5.41 Å². The van der Waals surface area contributed by atoms with E-state index in [0.717, 1.165) is 24.2 Å². The first-order valence-electron chi connectivity index (χ1n) is 5.59. The summed E-state index contributed by atoms with van der Waals surface area (Å²) in [7, 11) is 1.66. The molecule has 1 aliphatic carbocycles. The van der Waals surface area contributed by atoms with Crippen molar-refractivity contribution < 1.29 is 9.47 Å². The quantitative estimate of drug-likeness (QED) is 0.625. The van der Waals surface area contributed by atoms with Crippen LogP contribution in [0.2, 0.25) is 0 Å². The Bertz CT molecular complexity index is 379. The van der Waals surface area contributed by atoms with Gasteiger partial charge in [-0.25, -0.2) is 0 Å². The van der Waals surface area contributed by atoms with Crippen molar-refractivity contribution in [2.24, 2.45) is 0 Å². The molecule has 3 nitrogen and oxygen atoms in total. The Hall–Kier alpha value is -1.51. The van der Waals surface area contributed by atoms with E-state index in [1.807, 2.05) is 31.2 Å². The smallest absolute Gasteiger partial charge is 0.191 e. The average Bonchev–Trinajstić information content (AvgIpc) is 3.11. The molecule has 0 atom stereocenters. The molecule has 0 aromatic heterocycles. The van der Waals surface area contributed by atoms with Gasteiger partial charge in [0, 0.05) is 0 Å². The van der Waals surface area contributed by atoms with Crippen molar-refractivity contribution in [3.05, 3.63) is 29.8 Å². The molecule has 1 fully saturated rings. The van der Waals surface area contributed by atoms with Crippen LogP contribution < -0.4 is 4.74 Å². The summed E-state index contributed by atoms with van der Waals surface area (Å²) >= 11 is 0. The highest BCUT2D eigenvalue weighted by atomic mass is 16.5. The van der Waals surface area contributed by atoms with E-state index in [9.17, 15) is 0 Å². The molecule has 1 N–H and O–H groups in total. The third-order valence-corrected chi connectivity index (χ3v) is 3.12. The second-order valence-corrected chi connectivity index (χ2v) is 4.07. The van der Waals surface area contributed by atoms with Crippen molar-refractivity contribution >= 4 is 5.90 Å². The number of nitrogens with one attached hydrogen (secondary N) is 1. The van der Waals surface area contributed by atoms with Gasteiger partial charge in [-0.05, 0) is 37.5 Å². The van der Waals surface area contributed by atoms with Crippen LogP contribution in [-0.4, -0.2) is 19.6 Å². The van der Waals surface area contributed by atoms with E-state index in [2.05, 4.69) is 0 Å². The van der Waals surface area contributed by atoms with Gasteiger partial charge >= 0.3 is 0 Å². The number of rotatable bonds is 4. The monoisotopic (exact) mass is 219 g/mol. The highest BCUT2D eigenvalue weighted by molar-refractivity contribution is 5.88. The lowest BCUT2D eigenvalue weighted by atomic mass is 9.96. The van der Waals surface area contributed by atoms with Gasteiger partial charge in [-0.2, -0.15) is 0 Å². The maximum atomic E-state index is 7.94. The minimum Gasteiger partial charge on any atom is -0.497 e. The Morgan fingerprint density at radius 2 is 1.94 bits per heavy atom. The molecule has 0 radical (unpaired) electrons. The third-order valence-electron chi connectivity index (χ3n) is 3.12. The molecule has 1 aromatic carbocycles. The van der Waals surface area contributed by atoms with Gasteiger partial charge < -0.3 is 9.47 Å². The number of ether oxygens (including phenoxy) is 2. The Morgan fingerprint density at radius 3 is 2.38 bits per heavy atom. The topological polar surface area (TPSA) is 42.3 Å². The summed E-state index contributed by atoms with van der Waals surface area (Å²) in [6.45, 7) is 2.48. The first kappa shape index (κ1) is 11.0. The molecule has 0 amide bonds. The first-order valence-corrected chi connectivity index (χ1v) is 5.59. The molecule has 0 unspecified atom stereocenters. The number of benzene rings is 1. The highest BCUT2D eigenvalue weighted by Gasteiger charge is 2.49. The number of hydrogen-bond acceptors (Lipinski definition) is 3. The van der Waals surface area contributed by atoms with Crippen LogP contribution in [0.3, 0.4) is 0 Å². The van der Waals surface area contributed by atoms with E-state index in [1.165, 1.54) is 0 Å². The van der Waals surface area contributed by atoms with E-state index in [1.54, 1.807) is 7.11 Å². The van der Waals surface area contributed by atoms with Crippen LogP contribution in [0.5, 0.6) is 5.75 Å². The maximum absolute atomic E-state index is 7.94. The van der Waals surface area contributed by atoms with Gasteiger partial charge in [-0.1, -0.05) is 12.1 Å². The number of methoxy groups -OCH3 is 1. The van der Waals surface area contributed by atoms with Crippen molar-refractivity contribution in [2.75, 3.05) is 13.7 Å². The van der Waals surface area contributed by atoms with Gasteiger partial charge in [0.05, 0.1) is 19.1 Å². The van der Waals surface area contributed by atoms with Crippen LogP contribution in [0.1, 0.15) is 25.3 Å². The van der Waals surface area contributed by atoms with Crippen LogP contribution in [0.15, 0.2) is 24.3 Å². The fourth-order valence-corrected chi connectivity index (χ4v) is 1.96. The predicted octanol–water partition coefficient (Wildman–Crippen LogP) is 2.74. The van der Waals surface area contributed by atoms with Gasteiger partial charge in [-0.3, -0.25) is 5.41 Å². The Morgan fingerprint density at radius 1 is 1.31 bits per heavy atom. The molecule has 16 heavy (non-hydrogen) atoms. The van der Waals surface area contributed by atoms with Crippen molar-refractivity contribution in [3.8, 4) is 5.75 Å². The molecule has 0 bridgehead atoms. The second kappa shape index (κ2) is 4.16. The van der Waals surface area contributed by atoms with E-state index in [4.69, 9.17) is 14.9 Å². The molecular formula is C13H17NO2. The summed E-state index contributed by atoms with van der Waals surface area (Å²) in [5.74, 6) is 1.25. The molecule has 0 aliphatic heterocycles. The summed E-state index contributed by atoms with van der Waals surface area (Å²) in [4.78, 5) is 0. The summed E-state index contributed by atoms with van der Waals surface area (Å²) in [6.07, 6.45) is 2.02. The van der Waals surface area contributed by atoms with Crippen LogP contribution in [0, 0.1) is 5.41 Å². The van der Waals surface area contributed by atoms with Crippen molar-refractivity contribution in [3.63, 3.8) is 0 Å². The van der Waals surface area contributed by atoms with Gasteiger partial charge in [0.1, 0.15) is 5.75 Å². The molecule has 0 spiro atoms. The maximum Gasteiger partial charge on any atom is 0.191 e. The summed E-state index contributed by atoms with van der Waals surface area (Å²) in [6, 6.07) is 7.93. The van der Waals surface area contributed by atoms with Crippen molar-refractivity contribution in [2.45, 2.75) is 25.2 Å². The SMILES string of the molecule is CCOC(=N)C1(c2ccc(OC)cc2)CC1. The van der Waals surface area contributed by atoms with E-state index >= 15 is 0 Å². The molecule has 3 heteroatoms. The van der Waals surface area contributed by atoms with Crippen LogP contribution in [0.25, 0.3) is 0 Å². The zero-order valence-electron chi connectivity index (χ0n) is 9.75. The fourth-order valence-electron chi connectivity index (χ4n) is 1.96. The molecule has 1 saturated carbocycles. The largest absolute Gasteiger partial charge is 0.497 e. The van der Waals surface area contributed by atoms with Gasteiger partial charge in [0.2, 0.25) is 0 Å². The molecular weight excluding hydrogens is 202 g/mol. The summed E-state index contributed by atoms with van der Waals surface area (Å²) in [5, 5.41) is 7.94. The Balaban J connectivity index is 2.19. The first-order chi connectivity index (χ1) is 7.73. The normalized spacial score (nSPS) is 16.6. The molecule has 0 heterocycles. The van der Waals surface area contributed by atoms with Crippen molar-refractivity contribution in [1.82, 2.24) is 0 Å². The summed E-state index contributed by atoms with van der Waals surface area (Å²) < 4.78 is 10.5. The van der Waals surface area contributed by atoms with Crippen LogP contribution >= 0.6 is 0 Å². The Kier molecular flexibility index (Phi) is 2.86. The van der Waals surface area contributed by atoms with Gasteiger partial charge in [0.25, 0.3) is 0 Å². The molecule has 0 saturated heterocycles. The van der Waals surface area contributed by atoms with E-state index in [0.29, 0.717) is 12.5 Å². The lowest BCUT2D eigenvalue weighted by molar-refractivity contribution is 0.305. The Labute approximate surface area is 95.9 Å². The molecule has 2 rings (SSSR count). The summed E-state index contributed by atoms with van der Waals surface area (Å²) in [5.41, 5.74) is 1.01. The lowest BCUT2D eigenvalue weighted by Crippen LogP contribution is -2.22. The van der Waals surface area contributed by atoms with Gasteiger partial charge in [-0.15, -0.1) is 0 Å². The lowest BCUT2D eigenvalue weighted by Gasteiger charge is -2.17. The van der Waals surface area contributed by atoms with Gasteiger partial charge in [0.15, 0.2) is 5.90 Å². The highest BCUT2D eigenvalue weighted by Crippen LogP contribution is 2.49. The molecule has 1 aromatic rings. The minimum atomic E-state index is -0.151. The van der Waals surface area contributed by atoms with E-state index < -0.39 is 0 Å². The molecule has 1 aliphatic rings. The predicted molar refractivity (Wildman–Crippen MR) is 63.3 cm³/mol. The molecule has 86 valence electrons.